The first-order chi connectivity index (χ1) is 24.7. The molecule has 0 unspecified atom stereocenters. The van der Waals surface area contributed by atoms with E-state index < -0.39 is 11.9 Å². The van der Waals surface area contributed by atoms with Crippen molar-refractivity contribution in [2.45, 2.75) is 49.7 Å². The summed E-state index contributed by atoms with van der Waals surface area (Å²) in [5, 5.41) is 12.0. The van der Waals surface area contributed by atoms with Crippen LogP contribution in [0.25, 0.3) is 0 Å². The van der Waals surface area contributed by atoms with Gasteiger partial charge in [0.15, 0.2) is 0 Å². The highest BCUT2D eigenvalue weighted by molar-refractivity contribution is 8.00. The van der Waals surface area contributed by atoms with Gasteiger partial charge >= 0.3 is 0 Å². The Labute approximate surface area is 306 Å². The van der Waals surface area contributed by atoms with E-state index in [1.807, 2.05) is 30.0 Å². The molecule has 0 spiro atoms. The van der Waals surface area contributed by atoms with Crippen LogP contribution >= 0.6 is 24.4 Å². The summed E-state index contributed by atoms with van der Waals surface area (Å²) < 4.78 is 26.6. The molecule has 0 radical (unpaired) electrons. The zero-order valence-electron chi connectivity index (χ0n) is 28.2. The zero-order chi connectivity index (χ0) is 35.5. The lowest BCUT2D eigenvalue weighted by Gasteiger charge is -2.36. The van der Waals surface area contributed by atoms with Crippen LogP contribution in [0.2, 0.25) is 0 Å². The molecule has 10 nitrogen and oxygen atoms in total. The van der Waals surface area contributed by atoms with Gasteiger partial charge in [0.2, 0.25) is 11.8 Å². The third kappa shape index (κ3) is 7.89. The van der Waals surface area contributed by atoms with Gasteiger partial charge in [0.25, 0.3) is 5.91 Å². The number of nitriles is 1. The molecule has 4 heterocycles. The highest BCUT2D eigenvalue weighted by atomic mass is 32.2. The van der Waals surface area contributed by atoms with Gasteiger partial charge in [0.1, 0.15) is 24.2 Å². The number of thioether (sulfide) groups is 1. The van der Waals surface area contributed by atoms with Gasteiger partial charge in [-0.3, -0.25) is 24.6 Å². The van der Waals surface area contributed by atoms with Crippen molar-refractivity contribution in [2.75, 3.05) is 55.8 Å². The van der Waals surface area contributed by atoms with Crippen molar-refractivity contribution in [1.82, 2.24) is 15.1 Å². The number of anilines is 1. The number of hydrogen-bond donors (Lipinski definition) is 2. The molecule has 4 aliphatic rings. The summed E-state index contributed by atoms with van der Waals surface area (Å²) >= 11 is 6.55. The quantitative estimate of drug-likeness (QED) is 0.160. The third-order valence-corrected chi connectivity index (χ3v) is 11.9. The monoisotopic (exact) mass is 729 g/mol. The van der Waals surface area contributed by atoms with Gasteiger partial charge in [0.05, 0.1) is 36.1 Å². The molecule has 1 N–H and O–H groups in total. The highest BCUT2D eigenvalue weighted by Crippen LogP contribution is 2.34. The van der Waals surface area contributed by atoms with Crippen LogP contribution in [-0.2, 0) is 40.4 Å². The van der Waals surface area contributed by atoms with Crippen molar-refractivity contribution in [3.05, 3.63) is 93.8 Å². The fourth-order valence-corrected chi connectivity index (χ4v) is 8.55. The minimum Gasteiger partial charge on any atom is -0.488 e. The van der Waals surface area contributed by atoms with Crippen LogP contribution in [0.5, 0.6) is 5.75 Å². The van der Waals surface area contributed by atoms with E-state index in [1.54, 1.807) is 30.3 Å². The van der Waals surface area contributed by atoms with Crippen LogP contribution in [0.4, 0.5) is 10.1 Å². The van der Waals surface area contributed by atoms with E-state index >= 15 is 4.39 Å². The topological polar surface area (TPSA) is 115 Å². The predicted octanol–water partition coefficient (Wildman–Crippen LogP) is 4.33. The van der Waals surface area contributed by atoms with Crippen molar-refractivity contribution in [3.8, 4) is 11.8 Å². The molecule has 3 saturated heterocycles. The van der Waals surface area contributed by atoms with E-state index in [9.17, 15) is 19.6 Å². The molecule has 13 heteroatoms. The van der Waals surface area contributed by atoms with Crippen LogP contribution in [0.15, 0.2) is 54.6 Å². The number of fused-ring (bicyclic) bond motifs is 1. The lowest BCUT2D eigenvalue weighted by atomic mass is 10.0. The second-order valence-corrected chi connectivity index (χ2v) is 15.7. The van der Waals surface area contributed by atoms with Gasteiger partial charge in [-0.15, -0.1) is 0 Å². The number of rotatable bonds is 12. The molecule has 0 aliphatic carbocycles. The molecule has 1 atom stereocenters. The Kier molecular flexibility index (Phi) is 10.6. The summed E-state index contributed by atoms with van der Waals surface area (Å²) in [5.74, 6) is 0.893. The maximum Gasteiger partial charge on any atom is 0.255 e. The van der Waals surface area contributed by atoms with Crippen molar-refractivity contribution >= 4 is 47.8 Å². The van der Waals surface area contributed by atoms with Crippen molar-refractivity contribution in [3.63, 3.8) is 0 Å². The van der Waals surface area contributed by atoms with E-state index in [-0.39, 0.29) is 48.4 Å². The van der Waals surface area contributed by atoms with Gasteiger partial charge in [-0.2, -0.15) is 29.7 Å². The summed E-state index contributed by atoms with van der Waals surface area (Å²) in [7, 11) is 0. The molecule has 0 aromatic heterocycles. The highest BCUT2D eigenvalue weighted by Gasteiger charge is 2.40. The lowest BCUT2D eigenvalue weighted by Crippen LogP contribution is -2.52. The van der Waals surface area contributed by atoms with E-state index in [2.05, 4.69) is 27.3 Å². The van der Waals surface area contributed by atoms with Crippen molar-refractivity contribution < 1.29 is 28.2 Å². The number of nitrogens with one attached hydrogen (secondary N) is 1. The van der Waals surface area contributed by atoms with Gasteiger partial charge in [-0.05, 0) is 66.1 Å². The second-order valence-electron chi connectivity index (χ2n) is 13.6. The van der Waals surface area contributed by atoms with Crippen LogP contribution in [0, 0.1) is 17.1 Å². The van der Waals surface area contributed by atoms with Crippen LogP contribution in [0.3, 0.4) is 0 Å². The molecule has 4 aliphatic heterocycles. The Morgan fingerprint density at radius 1 is 1.06 bits per heavy atom. The Morgan fingerprint density at radius 2 is 1.88 bits per heavy atom. The standard InChI is InChI=1S/C38H40FN5O5S2/c39-32-16-25(4-5-28(32)21-49-34-3-1-2-30-31(34)20-44(37(30)47)33-8-9-35(45)41-36(33)46)19-42-11-13-43(14-12-42)29-7-6-27(18-40)26(17-29)10-15-51-24-38(50)22-48-23-38/h1-7,16-17,33,50H,8-15,19-24H2,(H,41,45,46)/t33-/m0/s1. The number of ether oxygens (including phenoxy) is 2. The van der Waals surface area contributed by atoms with Crippen LogP contribution < -0.4 is 15.0 Å². The molecule has 3 aromatic carbocycles. The molecular formula is C38H40FN5O5S2. The average molecular weight is 730 g/mol. The Morgan fingerprint density at radius 3 is 2.61 bits per heavy atom. The first kappa shape index (κ1) is 35.3. The number of hydrogen-bond acceptors (Lipinski definition) is 10. The number of carbonyl (C=O) groups is 3. The number of amides is 3. The molecule has 3 amide bonds. The van der Waals surface area contributed by atoms with Gasteiger partial charge in [0, 0.05) is 67.3 Å². The fourth-order valence-electron chi connectivity index (χ4n) is 7.03. The Bertz CT molecular complexity index is 1870. The Hall–Kier alpha value is -4.09. The van der Waals surface area contributed by atoms with E-state index in [0.717, 1.165) is 66.5 Å². The molecule has 3 aromatic rings. The minimum absolute atomic E-state index is 0.00988. The van der Waals surface area contributed by atoms with Gasteiger partial charge in [-0.25, -0.2) is 4.39 Å². The number of piperazine rings is 1. The number of halogens is 1. The second kappa shape index (κ2) is 15.3. The maximum absolute atomic E-state index is 15.3. The zero-order valence-corrected chi connectivity index (χ0v) is 29.9. The van der Waals surface area contributed by atoms with E-state index in [0.29, 0.717) is 42.2 Å². The number of nitrogens with zero attached hydrogens (tertiary/aromatic N) is 4. The number of carbonyl (C=O) groups excluding carboxylic acids is 3. The fraction of sp³-hybridized carbons (Fsp3) is 0.421. The van der Waals surface area contributed by atoms with Gasteiger partial charge in [-0.1, -0.05) is 18.2 Å². The number of piperidine rings is 1. The summed E-state index contributed by atoms with van der Waals surface area (Å²) in [6.45, 7) is 5.53. The number of benzene rings is 3. The third-order valence-electron chi connectivity index (χ3n) is 10.0. The summed E-state index contributed by atoms with van der Waals surface area (Å²) in [6, 6.07) is 18.1. The van der Waals surface area contributed by atoms with Crippen molar-refractivity contribution in [2.24, 2.45) is 0 Å². The average Bonchev–Trinajstić information content (AvgIpc) is 3.45. The first-order valence-electron chi connectivity index (χ1n) is 17.2. The molecule has 7 rings (SSSR count). The normalized spacial score (nSPS) is 20.1. The smallest absolute Gasteiger partial charge is 0.255 e. The summed E-state index contributed by atoms with van der Waals surface area (Å²) in [5.41, 5.74) is 5.31. The molecule has 0 bridgehead atoms. The van der Waals surface area contributed by atoms with Crippen LogP contribution in [-0.4, -0.2) is 89.2 Å². The SMILES string of the molecule is N#Cc1ccc(N2CCN(Cc3ccc(COc4cccc5c4CN([C@H]4CCC(=O)NC4=O)C5=O)c(F)c3)CC2)cc1CCSCC1(S)COC1. The minimum atomic E-state index is -0.717. The first-order valence-corrected chi connectivity index (χ1v) is 18.8. The Balaban J connectivity index is 0.905. The molecule has 0 saturated carbocycles. The van der Waals surface area contributed by atoms with Crippen molar-refractivity contribution in [1.29, 1.82) is 5.26 Å². The predicted molar refractivity (Wildman–Crippen MR) is 195 cm³/mol. The number of imide groups is 1. The van der Waals surface area contributed by atoms with Crippen LogP contribution in [0.1, 0.15) is 51.0 Å². The van der Waals surface area contributed by atoms with E-state index in [1.165, 1.54) is 4.90 Å². The maximum atomic E-state index is 15.3. The van der Waals surface area contributed by atoms with Gasteiger partial charge < -0.3 is 19.3 Å². The molecule has 3 fully saturated rings. The summed E-state index contributed by atoms with van der Waals surface area (Å²) in [4.78, 5) is 43.3. The largest absolute Gasteiger partial charge is 0.488 e. The lowest BCUT2D eigenvalue weighted by molar-refractivity contribution is -0.136. The molecular weight excluding hydrogens is 690 g/mol. The van der Waals surface area contributed by atoms with E-state index in [4.69, 9.17) is 22.1 Å². The number of thiol groups is 1. The molecule has 266 valence electrons. The number of aryl methyl sites for hydroxylation is 1. The molecule has 51 heavy (non-hydrogen) atoms. The summed E-state index contributed by atoms with van der Waals surface area (Å²) in [6.07, 6.45) is 1.29.